The highest BCUT2D eigenvalue weighted by Crippen LogP contribution is 2.50. The Labute approximate surface area is 103 Å². The van der Waals surface area contributed by atoms with Crippen molar-refractivity contribution in [1.29, 1.82) is 0 Å². The summed E-state index contributed by atoms with van der Waals surface area (Å²) in [5.41, 5.74) is 1.99. The van der Waals surface area contributed by atoms with Gasteiger partial charge in [0.1, 0.15) is 0 Å². The van der Waals surface area contributed by atoms with Crippen LogP contribution in [0.3, 0.4) is 0 Å². The van der Waals surface area contributed by atoms with Crippen LogP contribution in [0.1, 0.15) is 17.5 Å². The van der Waals surface area contributed by atoms with Crippen molar-refractivity contribution in [2.75, 3.05) is 0 Å². The first kappa shape index (κ1) is 10.8. The molecule has 4 nitrogen and oxygen atoms in total. The number of allylic oxidation sites excluding steroid dienone is 3. The second-order valence-electron chi connectivity index (χ2n) is 4.53. The summed E-state index contributed by atoms with van der Waals surface area (Å²) < 4.78 is 0. The van der Waals surface area contributed by atoms with E-state index in [0.29, 0.717) is 0 Å². The molecular weight excluding hydrogens is 232 g/mol. The summed E-state index contributed by atoms with van der Waals surface area (Å²) >= 11 is 0. The third-order valence-corrected chi connectivity index (χ3v) is 3.62. The Morgan fingerprint density at radius 2 is 1.67 bits per heavy atom. The van der Waals surface area contributed by atoms with Crippen molar-refractivity contribution in [1.82, 2.24) is 0 Å². The minimum Gasteiger partial charge on any atom is -0.480 e. The van der Waals surface area contributed by atoms with Crippen LogP contribution in [0.4, 0.5) is 0 Å². The number of hydrogen-bond acceptors (Lipinski definition) is 2. The summed E-state index contributed by atoms with van der Waals surface area (Å²) in [5.74, 6) is -2.63. The quantitative estimate of drug-likeness (QED) is 0.778. The van der Waals surface area contributed by atoms with E-state index >= 15 is 0 Å². The molecule has 3 rings (SSSR count). The number of carboxylic acid groups (broad SMARTS) is 2. The first-order valence-electron chi connectivity index (χ1n) is 5.55. The molecule has 2 aliphatic rings. The smallest absolute Gasteiger partial charge is 0.325 e. The third-order valence-electron chi connectivity index (χ3n) is 3.62. The minimum absolute atomic E-state index is 0.0144. The molecule has 1 aromatic rings. The Morgan fingerprint density at radius 1 is 1.06 bits per heavy atom. The number of hydrogen-bond donors (Lipinski definition) is 2. The van der Waals surface area contributed by atoms with E-state index in [0.717, 1.165) is 22.3 Å². The molecule has 0 saturated heterocycles. The SMILES string of the molecule is O=C(O)C1(C(=O)O)C=CC2=C(C1)c1ccccc12. The van der Waals surface area contributed by atoms with E-state index in [1.807, 2.05) is 24.3 Å². The Morgan fingerprint density at radius 3 is 2.28 bits per heavy atom. The number of aliphatic carboxylic acids is 2. The lowest BCUT2D eigenvalue weighted by Crippen LogP contribution is -2.39. The predicted molar refractivity (Wildman–Crippen MR) is 64.7 cm³/mol. The summed E-state index contributed by atoms with van der Waals surface area (Å²) in [6.07, 6.45) is 2.91. The maximum atomic E-state index is 11.3. The average molecular weight is 242 g/mol. The topological polar surface area (TPSA) is 74.6 Å². The number of rotatable bonds is 2. The van der Waals surface area contributed by atoms with Crippen LogP contribution in [0.2, 0.25) is 0 Å². The van der Waals surface area contributed by atoms with Gasteiger partial charge < -0.3 is 10.2 Å². The minimum atomic E-state index is -1.83. The molecular formula is C14H10O4. The van der Waals surface area contributed by atoms with Gasteiger partial charge in [0.05, 0.1) is 0 Å². The normalized spacial score (nSPS) is 18.7. The molecule has 0 radical (unpaired) electrons. The van der Waals surface area contributed by atoms with Gasteiger partial charge >= 0.3 is 11.9 Å². The number of benzene rings is 1. The van der Waals surface area contributed by atoms with E-state index in [9.17, 15) is 19.8 Å². The lowest BCUT2D eigenvalue weighted by molar-refractivity contribution is -0.160. The molecule has 90 valence electrons. The van der Waals surface area contributed by atoms with Gasteiger partial charge in [-0.15, -0.1) is 0 Å². The number of fused-ring (bicyclic) bond motifs is 3. The van der Waals surface area contributed by atoms with Gasteiger partial charge in [0, 0.05) is 6.42 Å². The van der Waals surface area contributed by atoms with Gasteiger partial charge in [-0.1, -0.05) is 36.4 Å². The molecule has 0 fully saturated rings. The molecule has 0 amide bonds. The fourth-order valence-electron chi connectivity index (χ4n) is 2.56. The van der Waals surface area contributed by atoms with E-state index in [1.54, 1.807) is 6.08 Å². The molecule has 2 aliphatic carbocycles. The van der Waals surface area contributed by atoms with Crippen LogP contribution in [0.25, 0.3) is 11.1 Å². The summed E-state index contributed by atoms with van der Waals surface area (Å²) in [6, 6.07) is 7.62. The van der Waals surface area contributed by atoms with Crippen molar-refractivity contribution >= 4 is 23.1 Å². The Bertz CT molecular complexity index is 623. The third kappa shape index (κ3) is 1.14. The standard InChI is InChI=1S/C14H10O4/c15-12(16)14(13(17)18)6-5-10-8-3-1-2-4-9(8)11(10)7-14/h1-6H,7H2,(H,15,16)(H,17,18). The number of carboxylic acids is 2. The molecule has 0 aliphatic heterocycles. The van der Waals surface area contributed by atoms with E-state index in [-0.39, 0.29) is 6.42 Å². The molecule has 0 spiro atoms. The molecule has 18 heavy (non-hydrogen) atoms. The molecule has 0 bridgehead atoms. The van der Waals surface area contributed by atoms with E-state index in [2.05, 4.69) is 0 Å². The van der Waals surface area contributed by atoms with E-state index < -0.39 is 17.4 Å². The molecule has 1 aromatic carbocycles. The van der Waals surface area contributed by atoms with Gasteiger partial charge in [0.25, 0.3) is 0 Å². The van der Waals surface area contributed by atoms with Gasteiger partial charge in [0.15, 0.2) is 5.41 Å². The Hall–Kier alpha value is -2.36. The van der Waals surface area contributed by atoms with Crippen molar-refractivity contribution in [3.8, 4) is 0 Å². The summed E-state index contributed by atoms with van der Waals surface area (Å²) in [6.45, 7) is 0. The predicted octanol–water partition coefficient (Wildman–Crippen LogP) is 2.03. The highest BCUT2D eigenvalue weighted by Gasteiger charge is 2.48. The van der Waals surface area contributed by atoms with Gasteiger partial charge in [0.2, 0.25) is 0 Å². The first-order chi connectivity index (χ1) is 8.56. The zero-order chi connectivity index (χ0) is 12.9. The van der Waals surface area contributed by atoms with Crippen LogP contribution in [0.15, 0.2) is 36.4 Å². The lowest BCUT2D eigenvalue weighted by atomic mass is 9.67. The van der Waals surface area contributed by atoms with Crippen LogP contribution in [0.5, 0.6) is 0 Å². The second-order valence-corrected chi connectivity index (χ2v) is 4.53. The van der Waals surface area contributed by atoms with Gasteiger partial charge in [-0.25, -0.2) is 0 Å². The summed E-state index contributed by atoms with van der Waals surface area (Å²) in [7, 11) is 0. The van der Waals surface area contributed by atoms with Crippen molar-refractivity contribution in [2.45, 2.75) is 6.42 Å². The van der Waals surface area contributed by atoms with E-state index in [1.165, 1.54) is 6.08 Å². The van der Waals surface area contributed by atoms with Crippen molar-refractivity contribution in [3.05, 3.63) is 47.5 Å². The van der Waals surface area contributed by atoms with E-state index in [4.69, 9.17) is 0 Å². The zero-order valence-corrected chi connectivity index (χ0v) is 9.38. The molecule has 0 saturated carbocycles. The van der Waals surface area contributed by atoms with Crippen LogP contribution in [-0.2, 0) is 9.59 Å². The molecule has 0 unspecified atom stereocenters. The molecule has 0 aromatic heterocycles. The second kappa shape index (κ2) is 3.32. The first-order valence-corrected chi connectivity index (χ1v) is 5.55. The van der Waals surface area contributed by atoms with Crippen molar-refractivity contribution in [2.24, 2.45) is 5.41 Å². The van der Waals surface area contributed by atoms with Crippen LogP contribution in [0, 0.1) is 5.41 Å². The monoisotopic (exact) mass is 242 g/mol. The fraction of sp³-hybridized carbons (Fsp3) is 0.143. The average Bonchev–Trinajstić information content (AvgIpc) is 2.34. The molecule has 2 N–H and O–H groups in total. The number of carbonyl (C=O) groups is 2. The largest absolute Gasteiger partial charge is 0.480 e. The Kier molecular flexibility index (Phi) is 1.99. The Balaban J connectivity index is 2.06. The lowest BCUT2D eigenvalue weighted by Gasteiger charge is -2.34. The van der Waals surface area contributed by atoms with Gasteiger partial charge in [-0.05, 0) is 22.3 Å². The van der Waals surface area contributed by atoms with Gasteiger partial charge in [-0.3, -0.25) is 9.59 Å². The maximum absolute atomic E-state index is 11.3. The van der Waals surface area contributed by atoms with Crippen molar-refractivity contribution < 1.29 is 19.8 Å². The van der Waals surface area contributed by atoms with Crippen LogP contribution in [-0.4, -0.2) is 22.2 Å². The highest BCUT2D eigenvalue weighted by atomic mass is 16.4. The van der Waals surface area contributed by atoms with Crippen LogP contribution < -0.4 is 0 Å². The fourth-order valence-corrected chi connectivity index (χ4v) is 2.56. The summed E-state index contributed by atoms with van der Waals surface area (Å²) in [5, 5.41) is 18.4. The molecule has 0 atom stereocenters. The van der Waals surface area contributed by atoms with Gasteiger partial charge in [-0.2, -0.15) is 0 Å². The summed E-state index contributed by atoms with van der Waals surface area (Å²) in [4.78, 5) is 22.5. The van der Waals surface area contributed by atoms with Crippen molar-refractivity contribution in [3.63, 3.8) is 0 Å². The van der Waals surface area contributed by atoms with Crippen LogP contribution >= 0.6 is 0 Å². The molecule has 4 heteroatoms. The highest BCUT2D eigenvalue weighted by molar-refractivity contribution is 6.14. The maximum Gasteiger partial charge on any atom is 0.325 e. The molecule has 0 heterocycles. The zero-order valence-electron chi connectivity index (χ0n) is 9.38.